The van der Waals surface area contributed by atoms with Gasteiger partial charge in [-0.1, -0.05) is 117 Å². The van der Waals surface area contributed by atoms with Gasteiger partial charge in [0.05, 0.1) is 0 Å². The van der Waals surface area contributed by atoms with Crippen molar-refractivity contribution in [3.8, 4) is 22.6 Å². The van der Waals surface area contributed by atoms with Crippen LogP contribution in [-0.4, -0.2) is 15.9 Å². The summed E-state index contributed by atoms with van der Waals surface area (Å²) in [6, 6.07) is 23.3. The summed E-state index contributed by atoms with van der Waals surface area (Å²) in [6.45, 7) is 27.9. The monoisotopic (exact) mass is 949 g/mol. The molecule has 3 heterocycles. The van der Waals surface area contributed by atoms with E-state index in [1.165, 1.54) is 37.6 Å². The number of aliphatic hydroxyl groups is 1. The molecule has 3 aromatic carbocycles. The minimum atomic E-state index is -0.337. The molecule has 0 saturated carbocycles. The summed E-state index contributed by atoms with van der Waals surface area (Å²) in [6.07, 6.45) is 7.72. The smallest absolute Gasteiger partial charge is 0.164 e. The minimum Gasteiger partial charge on any atom is -0.512 e. The van der Waals surface area contributed by atoms with Gasteiger partial charge < -0.3 is 9.52 Å². The number of aryl methyl sites for hydroxylation is 2. The van der Waals surface area contributed by atoms with E-state index in [9.17, 15) is 9.90 Å². The maximum absolute atomic E-state index is 12.2. The Morgan fingerprint density at radius 1 is 0.893 bits per heavy atom. The van der Waals surface area contributed by atoms with Crippen molar-refractivity contribution in [3.05, 3.63) is 100 Å². The fraction of sp³-hybridized carbons (Fsp3) is 0.440. The zero-order valence-electron chi connectivity index (χ0n) is 35.9. The molecule has 1 radical (unpaired) electrons. The average Bonchev–Trinajstić information content (AvgIpc) is 3.67. The number of rotatable bonds is 11. The summed E-state index contributed by atoms with van der Waals surface area (Å²) in [5.41, 5.74) is 7.23. The number of nitrogens with zero attached hydrogens (tertiary/aromatic N) is 1. The third kappa shape index (κ3) is 9.09. The number of benzene rings is 3. The molecule has 3 aromatic heterocycles. The van der Waals surface area contributed by atoms with E-state index in [0.717, 1.165) is 76.6 Å². The van der Waals surface area contributed by atoms with Gasteiger partial charge in [-0.2, -0.15) is 0 Å². The maximum Gasteiger partial charge on any atom is 0.164 e. The van der Waals surface area contributed by atoms with Crippen LogP contribution in [0.2, 0.25) is 0 Å². The first-order chi connectivity index (χ1) is 25.9. The number of hydrogen-bond donors (Lipinski definition) is 1. The van der Waals surface area contributed by atoms with E-state index in [1.807, 2.05) is 65.1 Å². The predicted molar refractivity (Wildman–Crippen MR) is 236 cm³/mol. The van der Waals surface area contributed by atoms with Crippen molar-refractivity contribution in [1.82, 2.24) is 4.98 Å². The van der Waals surface area contributed by atoms with E-state index < -0.39 is 0 Å². The van der Waals surface area contributed by atoms with Crippen LogP contribution in [0.1, 0.15) is 123 Å². The SMILES string of the molecule is CCC(C)(CC)C(=O)/C=C(\O)C(C)(CC)CC.Cc1sc2cc(-c3oc4ccnc(-c5[c-]c6ccccc6c(C(C)(C)C)c5)c4c3C)ccc2c1CC(C)C.[Ir]. The molecule has 4 nitrogen and oxygen atoms in total. The van der Waals surface area contributed by atoms with Gasteiger partial charge in [0.15, 0.2) is 5.78 Å². The number of carbonyl (C=O) groups is 1. The Morgan fingerprint density at radius 3 is 2.14 bits per heavy atom. The first-order valence-electron chi connectivity index (χ1n) is 20.2. The van der Waals surface area contributed by atoms with Crippen molar-refractivity contribution in [2.45, 2.75) is 128 Å². The van der Waals surface area contributed by atoms with E-state index in [-0.39, 0.29) is 47.9 Å². The summed E-state index contributed by atoms with van der Waals surface area (Å²) in [5.74, 6) is 1.85. The van der Waals surface area contributed by atoms with Crippen LogP contribution in [0.3, 0.4) is 0 Å². The Morgan fingerprint density at radius 2 is 1.54 bits per heavy atom. The van der Waals surface area contributed by atoms with Crippen LogP contribution < -0.4 is 0 Å². The molecule has 1 N–H and O–H groups in total. The Balaban J connectivity index is 0.000000330. The topological polar surface area (TPSA) is 63.3 Å². The van der Waals surface area contributed by atoms with Crippen molar-refractivity contribution < 1.29 is 34.4 Å². The molecule has 0 atom stereocenters. The Bertz CT molecular complexity index is 2340. The number of allylic oxidation sites excluding steroid dienone is 2. The number of aromatic nitrogens is 1. The first-order valence-corrected chi connectivity index (χ1v) is 21.0. The number of furan rings is 1. The van der Waals surface area contributed by atoms with Gasteiger partial charge in [0.2, 0.25) is 0 Å². The van der Waals surface area contributed by atoms with Crippen LogP contribution in [0.15, 0.2) is 77.0 Å². The Labute approximate surface area is 353 Å². The van der Waals surface area contributed by atoms with Crippen LogP contribution in [0, 0.1) is 36.7 Å². The maximum atomic E-state index is 12.2. The van der Waals surface area contributed by atoms with E-state index >= 15 is 0 Å². The van der Waals surface area contributed by atoms with Gasteiger partial charge in [0.25, 0.3) is 0 Å². The average molecular weight is 949 g/mol. The largest absolute Gasteiger partial charge is 0.512 e. The summed E-state index contributed by atoms with van der Waals surface area (Å²) in [7, 11) is 0. The van der Waals surface area contributed by atoms with E-state index in [2.05, 4.69) is 103 Å². The first kappa shape index (κ1) is 45.1. The van der Waals surface area contributed by atoms with Gasteiger partial charge in [-0.05, 0) is 85.9 Å². The van der Waals surface area contributed by atoms with Crippen LogP contribution in [0.4, 0.5) is 0 Å². The molecule has 0 spiro atoms. The Kier molecular flexibility index (Phi) is 14.4. The Hall–Kier alpha value is -3.57. The molecular formula is C50H62IrNO3S-. The third-order valence-corrected chi connectivity index (χ3v) is 13.3. The quantitative estimate of drug-likeness (QED) is 0.0798. The molecule has 0 bridgehead atoms. The summed E-state index contributed by atoms with van der Waals surface area (Å²) >= 11 is 1.89. The molecule has 0 aliphatic heterocycles. The van der Waals surface area contributed by atoms with Crippen LogP contribution >= 0.6 is 11.3 Å². The van der Waals surface area contributed by atoms with Crippen molar-refractivity contribution in [3.63, 3.8) is 0 Å². The molecule has 6 rings (SSSR count). The van der Waals surface area contributed by atoms with E-state index in [1.54, 1.807) is 0 Å². The number of thiophene rings is 1. The zero-order valence-corrected chi connectivity index (χ0v) is 39.1. The number of aliphatic hydroxyl groups excluding tert-OH is 1. The van der Waals surface area contributed by atoms with Crippen molar-refractivity contribution >= 4 is 48.9 Å². The van der Waals surface area contributed by atoms with Crippen LogP contribution in [0.5, 0.6) is 0 Å². The number of ketones is 1. The fourth-order valence-electron chi connectivity index (χ4n) is 7.41. The van der Waals surface area contributed by atoms with E-state index in [0.29, 0.717) is 5.92 Å². The second-order valence-corrected chi connectivity index (χ2v) is 18.6. The predicted octanol–water partition coefficient (Wildman–Crippen LogP) is 15.1. The summed E-state index contributed by atoms with van der Waals surface area (Å²) < 4.78 is 7.86. The molecule has 301 valence electrons. The standard InChI is InChI=1S/C35H34NOS.C15H28O2.Ir/c1-20(2)16-28-22(4)38-31-19-24(12-13-27(28)31)34-21(3)32-30(37-34)14-15-36-33(32)25-17-23-10-8-9-11-26(23)29(18-25)35(5,6)7;1-7-14(5,8-2)12(16)11-13(17)15(6,9-3)10-4;/h8-15,18-20H,16H2,1-7H3;11,16H,7-10H2,1-6H3;/q-1;;/b;12-11-;. The van der Waals surface area contributed by atoms with Gasteiger partial charge >= 0.3 is 0 Å². The van der Waals surface area contributed by atoms with Gasteiger partial charge in [0.1, 0.15) is 17.1 Å². The molecule has 0 saturated heterocycles. The van der Waals surface area contributed by atoms with Gasteiger partial charge in [-0.25, -0.2) is 0 Å². The zero-order chi connectivity index (χ0) is 40.5. The second kappa shape index (κ2) is 17.9. The number of fused-ring (bicyclic) bond motifs is 3. The normalized spacial score (nSPS) is 12.6. The van der Waals surface area contributed by atoms with Gasteiger partial charge in [0, 0.05) is 69.4 Å². The summed E-state index contributed by atoms with van der Waals surface area (Å²) in [4.78, 5) is 18.5. The molecule has 56 heavy (non-hydrogen) atoms. The molecule has 0 amide bonds. The van der Waals surface area contributed by atoms with E-state index in [4.69, 9.17) is 9.40 Å². The molecule has 6 heteroatoms. The molecule has 6 aromatic rings. The van der Waals surface area contributed by atoms with Crippen molar-refractivity contribution in [2.24, 2.45) is 16.7 Å². The minimum absolute atomic E-state index is 0. The van der Waals surface area contributed by atoms with Crippen molar-refractivity contribution in [1.29, 1.82) is 0 Å². The van der Waals surface area contributed by atoms with Crippen LogP contribution in [0.25, 0.3) is 54.4 Å². The van der Waals surface area contributed by atoms with Gasteiger partial charge in [-0.3, -0.25) is 9.78 Å². The number of hydrogen-bond acceptors (Lipinski definition) is 5. The number of pyridine rings is 1. The van der Waals surface area contributed by atoms with Gasteiger partial charge in [-0.15, -0.1) is 40.5 Å². The fourth-order valence-corrected chi connectivity index (χ4v) is 8.54. The second-order valence-electron chi connectivity index (χ2n) is 17.4. The molecule has 0 fully saturated rings. The number of carbonyl (C=O) groups excluding carboxylic acids is 1. The van der Waals surface area contributed by atoms with Crippen LogP contribution in [-0.2, 0) is 36.7 Å². The molecular weight excluding hydrogens is 887 g/mol. The third-order valence-electron chi connectivity index (χ3n) is 12.2. The molecule has 0 unspecified atom stereocenters. The molecule has 0 aliphatic rings. The van der Waals surface area contributed by atoms with Crippen molar-refractivity contribution in [2.75, 3.05) is 0 Å². The molecule has 0 aliphatic carbocycles. The summed E-state index contributed by atoms with van der Waals surface area (Å²) in [5, 5.41) is 14.9.